The van der Waals surface area contributed by atoms with Crippen LogP contribution in [0, 0.1) is 5.82 Å². The summed E-state index contributed by atoms with van der Waals surface area (Å²) in [6, 6.07) is 13.8. The zero-order valence-electron chi connectivity index (χ0n) is 13.8. The van der Waals surface area contributed by atoms with Crippen molar-refractivity contribution in [2.24, 2.45) is 0 Å². The summed E-state index contributed by atoms with van der Waals surface area (Å²) >= 11 is 0. The van der Waals surface area contributed by atoms with Crippen LogP contribution < -0.4 is 4.90 Å². The van der Waals surface area contributed by atoms with E-state index in [1.165, 1.54) is 12.1 Å². The number of benzene rings is 2. The minimum absolute atomic E-state index is 0.0389. The predicted octanol–water partition coefficient (Wildman–Crippen LogP) is 2.84. The fourth-order valence-electron chi connectivity index (χ4n) is 3.74. The van der Waals surface area contributed by atoms with Crippen LogP contribution in [0.1, 0.15) is 28.3 Å². The molecule has 2 aliphatic rings. The van der Waals surface area contributed by atoms with Gasteiger partial charge in [-0.05, 0) is 29.8 Å². The van der Waals surface area contributed by atoms with Crippen molar-refractivity contribution in [1.82, 2.24) is 4.90 Å². The number of carbonyl (C=O) groups is 2. The maximum absolute atomic E-state index is 13.0. The van der Waals surface area contributed by atoms with Gasteiger partial charge in [-0.15, -0.1) is 0 Å². The molecule has 0 radical (unpaired) electrons. The van der Waals surface area contributed by atoms with Crippen LogP contribution >= 0.6 is 0 Å². The molecule has 0 aromatic heterocycles. The van der Waals surface area contributed by atoms with E-state index >= 15 is 0 Å². The van der Waals surface area contributed by atoms with Gasteiger partial charge in [-0.3, -0.25) is 9.59 Å². The predicted molar refractivity (Wildman–Crippen MR) is 93.3 cm³/mol. The number of hydrogen-bond acceptors (Lipinski definition) is 3. The molecule has 5 heteroatoms. The van der Waals surface area contributed by atoms with Gasteiger partial charge in [-0.25, -0.2) is 4.39 Å². The average molecular weight is 338 g/mol. The Balaban J connectivity index is 1.44. The van der Waals surface area contributed by atoms with E-state index in [0.717, 1.165) is 11.3 Å². The van der Waals surface area contributed by atoms with Crippen molar-refractivity contribution >= 4 is 17.4 Å². The zero-order valence-corrected chi connectivity index (χ0v) is 13.8. The number of ketones is 1. The summed E-state index contributed by atoms with van der Waals surface area (Å²) in [5.74, 6) is -0.501. The smallest absolute Gasteiger partial charge is 0.230 e. The number of piperazine rings is 1. The highest BCUT2D eigenvalue weighted by atomic mass is 19.1. The van der Waals surface area contributed by atoms with Gasteiger partial charge in [-0.1, -0.05) is 24.3 Å². The summed E-state index contributed by atoms with van der Waals surface area (Å²) in [6.07, 6.45) is 0.274. The molecule has 0 saturated carbocycles. The van der Waals surface area contributed by atoms with Gasteiger partial charge in [0.15, 0.2) is 5.78 Å². The Morgan fingerprint density at radius 1 is 0.960 bits per heavy atom. The lowest BCUT2D eigenvalue weighted by atomic mass is 9.99. The first kappa shape index (κ1) is 15.8. The quantitative estimate of drug-likeness (QED) is 0.845. The van der Waals surface area contributed by atoms with Crippen LogP contribution in [-0.2, 0) is 4.79 Å². The maximum Gasteiger partial charge on any atom is 0.230 e. The molecule has 1 heterocycles. The van der Waals surface area contributed by atoms with E-state index in [4.69, 9.17) is 0 Å². The van der Waals surface area contributed by atoms with Crippen LogP contribution in [0.5, 0.6) is 0 Å². The second-order valence-corrected chi connectivity index (χ2v) is 6.56. The highest BCUT2D eigenvalue weighted by Crippen LogP contribution is 2.34. The van der Waals surface area contributed by atoms with Crippen LogP contribution in [0.4, 0.5) is 10.1 Å². The number of Topliss-reactive ketones (excluding diaryl/α,β-unsaturated/α-hetero) is 1. The first-order valence-corrected chi connectivity index (χ1v) is 8.55. The van der Waals surface area contributed by atoms with Gasteiger partial charge < -0.3 is 9.80 Å². The summed E-state index contributed by atoms with van der Waals surface area (Å²) in [7, 11) is 0. The molecule has 1 aliphatic heterocycles. The summed E-state index contributed by atoms with van der Waals surface area (Å²) in [5.41, 5.74) is 2.51. The molecular formula is C20H19FN2O2. The molecule has 128 valence electrons. The molecule has 4 nitrogen and oxygen atoms in total. The maximum atomic E-state index is 13.0. The second kappa shape index (κ2) is 6.31. The average Bonchev–Trinajstić information content (AvgIpc) is 2.99. The molecule has 2 aromatic carbocycles. The van der Waals surface area contributed by atoms with Crippen LogP contribution in [0.25, 0.3) is 0 Å². The van der Waals surface area contributed by atoms with E-state index in [9.17, 15) is 14.0 Å². The normalized spacial score (nSPS) is 19.9. The number of fused-ring (bicyclic) bond motifs is 1. The third-order valence-electron chi connectivity index (χ3n) is 5.11. The summed E-state index contributed by atoms with van der Waals surface area (Å²) in [5, 5.41) is 0. The summed E-state index contributed by atoms with van der Waals surface area (Å²) < 4.78 is 13.0. The molecule has 25 heavy (non-hydrogen) atoms. The van der Waals surface area contributed by atoms with Crippen LogP contribution in [0.2, 0.25) is 0 Å². The van der Waals surface area contributed by atoms with Crippen molar-refractivity contribution in [3.8, 4) is 0 Å². The Morgan fingerprint density at radius 2 is 1.64 bits per heavy atom. The number of halogens is 1. The third kappa shape index (κ3) is 2.90. The number of amides is 1. The molecule has 0 spiro atoms. The zero-order chi connectivity index (χ0) is 17.4. The van der Waals surface area contributed by atoms with Crippen LogP contribution in [0.15, 0.2) is 48.5 Å². The molecule has 1 amide bonds. The third-order valence-corrected chi connectivity index (χ3v) is 5.11. The highest BCUT2D eigenvalue weighted by Gasteiger charge is 2.37. The molecule has 1 aliphatic carbocycles. The second-order valence-electron chi connectivity index (χ2n) is 6.56. The monoisotopic (exact) mass is 338 g/mol. The van der Waals surface area contributed by atoms with Gasteiger partial charge in [0.1, 0.15) is 5.82 Å². The number of carbonyl (C=O) groups excluding carboxylic acids is 2. The number of hydrogen-bond donors (Lipinski definition) is 0. The van der Waals surface area contributed by atoms with E-state index < -0.39 is 0 Å². The Bertz CT molecular complexity index is 811. The topological polar surface area (TPSA) is 40.6 Å². The van der Waals surface area contributed by atoms with Gasteiger partial charge in [-0.2, -0.15) is 0 Å². The minimum Gasteiger partial charge on any atom is -0.368 e. The lowest BCUT2D eigenvalue weighted by Gasteiger charge is -2.37. The van der Waals surface area contributed by atoms with Gasteiger partial charge >= 0.3 is 0 Å². The molecule has 4 rings (SSSR count). The first-order valence-electron chi connectivity index (χ1n) is 8.55. The lowest BCUT2D eigenvalue weighted by molar-refractivity contribution is -0.133. The fraction of sp³-hybridized carbons (Fsp3) is 0.300. The van der Waals surface area contributed by atoms with E-state index in [0.29, 0.717) is 31.7 Å². The van der Waals surface area contributed by atoms with Crippen molar-refractivity contribution in [3.63, 3.8) is 0 Å². The van der Waals surface area contributed by atoms with Gasteiger partial charge in [0, 0.05) is 43.9 Å². The largest absolute Gasteiger partial charge is 0.368 e. The van der Waals surface area contributed by atoms with Crippen molar-refractivity contribution in [3.05, 3.63) is 65.5 Å². The molecule has 0 N–H and O–H groups in total. The Labute approximate surface area is 145 Å². The Morgan fingerprint density at radius 3 is 2.36 bits per heavy atom. The van der Waals surface area contributed by atoms with Gasteiger partial charge in [0.05, 0.1) is 5.92 Å². The van der Waals surface area contributed by atoms with Crippen LogP contribution in [0.3, 0.4) is 0 Å². The fourth-order valence-corrected chi connectivity index (χ4v) is 3.74. The summed E-state index contributed by atoms with van der Waals surface area (Å²) in [6.45, 7) is 2.64. The van der Waals surface area contributed by atoms with E-state index in [1.807, 2.05) is 23.1 Å². The molecule has 1 fully saturated rings. The van der Waals surface area contributed by atoms with E-state index in [1.54, 1.807) is 18.2 Å². The van der Waals surface area contributed by atoms with Crippen LogP contribution in [-0.4, -0.2) is 42.8 Å². The van der Waals surface area contributed by atoms with Crippen molar-refractivity contribution in [1.29, 1.82) is 0 Å². The SMILES string of the molecule is O=C1C[C@@H](C(=O)N2CCN(c3ccc(F)cc3)CC2)c2ccccc21. The molecule has 2 aromatic rings. The number of rotatable bonds is 2. The Hall–Kier alpha value is -2.69. The summed E-state index contributed by atoms with van der Waals surface area (Å²) in [4.78, 5) is 29.0. The minimum atomic E-state index is -0.346. The molecule has 1 atom stereocenters. The van der Waals surface area contributed by atoms with Gasteiger partial charge in [0.25, 0.3) is 0 Å². The van der Waals surface area contributed by atoms with E-state index in [-0.39, 0.29) is 29.8 Å². The first-order chi connectivity index (χ1) is 12.1. The standard InChI is InChI=1S/C20H19FN2O2/c21-14-5-7-15(8-6-14)22-9-11-23(12-10-22)20(25)18-13-19(24)17-4-2-1-3-16(17)18/h1-8,18H,9-13H2/t18-/m1/s1. The molecule has 1 saturated heterocycles. The van der Waals surface area contributed by atoms with Crippen molar-refractivity contribution in [2.45, 2.75) is 12.3 Å². The molecular weight excluding hydrogens is 319 g/mol. The number of nitrogens with zero attached hydrogens (tertiary/aromatic N) is 2. The van der Waals surface area contributed by atoms with Crippen molar-refractivity contribution in [2.75, 3.05) is 31.1 Å². The highest BCUT2D eigenvalue weighted by molar-refractivity contribution is 6.06. The molecule has 0 unspecified atom stereocenters. The van der Waals surface area contributed by atoms with E-state index in [2.05, 4.69) is 4.90 Å². The lowest BCUT2D eigenvalue weighted by Crippen LogP contribution is -2.50. The van der Waals surface area contributed by atoms with Crippen molar-refractivity contribution < 1.29 is 14.0 Å². The van der Waals surface area contributed by atoms with Gasteiger partial charge in [0.2, 0.25) is 5.91 Å². The number of anilines is 1. The Kier molecular flexibility index (Phi) is 3.99. The molecule has 0 bridgehead atoms.